The molecule has 0 aromatic carbocycles. The van der Waals surface area contributed by atoms with Gasteiger partial charge in [-0.1, -0.05) is 25.0 Å². The Labute approximate surface area is 124 Å². The fraction of sp³-hybridized carbons (Fsp3) is 0.615. The Hall–Kier alpha value is -1.63. The molecule has 0 aliphatic carbocycles. The number of nitrogens with zero attached hydrogens (tertiary/aromatic N) is 5. The van der Waals surface area contributed by atoms with E-state index in [0.717, 1.165) is 0 Å². The predicted molar refractivity (Wildman–Crippen MR) is 78.9 cm³/mol. The average Bonchev–Trinajstić information content (AvgIpc) is 2.58. The highest BCUT2D eigenvalue weighted by atomic mass is 32.2. The molecule has 7 nitrogen and oxygen atoms in total. The molecular weight excluding hydrogens is 290 g/mol. The second-order valence-corrected chi connectivity index (χ2v) is 7.91. The lowest BCUT2D eigenvalue weighted by atomic mass is 9.86. The Balaban J connectivity index is 2.30. The van der Waals surface area contributed by atoms with Gasteiger partial charge in [-0.05, 0) is 35.9 Å². The molecule has 0 amide bonds. The van der Waals surface area contributed by atoms with Crippen LogP contribution in [0.5, 0.6) is 0 Å². The number of aromatic nitrogens is 1. The van der Waals surface area contributed by atoms with Gasteiger partial charge in [-0.15, -0.1) is 0 Å². The van der Waals surface area contributed by atoms with E-state index >= 15 is 0 Å². The van der Waals surface area contributed by atoms with Gasteiger partial charge in [0.25, 0.3) is 10.0 Å². The van der Waals surface area contributed by atoms with Gasteiger partial charge >= 0.3 is 0 Å². The summed E-state index contributed by atoms with van der Waals surface area (Å²) in [5, 5.41) is 3.83. The Morgan fingerprint density at radius 1 is 1.48 bits per heavy atom. The highest BCUT2D eigenvalue weighted by Crippen LogP contribution is 2.32. The number of sulfonamides is 1. The van der Waals surface area contributed by atoms with Crippen molar-refractivity contribution >= 4 is 10.0 Å². The first-order valence-electron chi connectivity index (χ1n) is 6.80. The molecule has 1 aliphatic heterocycles. The van der Waals surface area contributed by atoms with Crippen LogP contribution in [0.2, 0.25) is 0 Å². The minimum atomic E-state index is -3.61. The van der Waals surface area contributed by atoms with Crippen molar-refractivity contribution in [1.82, 2.24) is 9.29 Å². The highest BCUT2D eigenvalue weighted by molar-refractivity contribution is 7.89. The van der Waals surface area contributed by atoms with E-state index in [9.17, 15) is 8.42 Å². The van der Waals surface area contributed by atoms with E-state index in [2.05, 4.69) is 15.0 Å². The second-order valence-electron chi connectivity index (χ2n) is 6.02. The van der Waals surface area contributed by atoms with Crippen molar-refractivity contribution in [1.29, 1.82) is 0 Å². The highest BCUT2D eigenvalue weighted by Gasteiger charge is 2.36. The van der Waals surface area contributed by atoms with Gasteiger partial charge in [-0.2, -0.15) is 4.31 Å². The van der Waals surface area contributed by atoms with Gasteiger partial charge in [0, 0.05) is 30.2 Å². The Morgan fingerprint density at radius 2 is 2.24 bits per heavy atom. The minimum Gasteiger partial charge on any atom is -0.243 e. The summed E-state index contributed by atoms with van der Waals surface area (Å²) in [5.41, 5.74) is 8.35. The van der Waals surface area contributed by atoms with E-state index in [1.165, 1.54) is 16.6 Å². The molecule has 8 heteroatoms. The van der Waals surface area contributed by atoms with E-state index in [1.807, 2.05) is 13.8 Å². The summed E-state index contributed by atoms with van der Waals surface area (Å²) in [6, 6.07) is 4.67. The molecule has 0 spiro atoms. The SMILES string of the molecule is CC1(C)CC(N=[N+]=[N-])CCN(S(=O)(=O)c2ccccn2)C1. The molecule has 1 aromatic heterocycles. The number of pyridine rings is 1. The van der Waals surface area contributed by atoms with Crippen LogP contribution in [0.25, 0.3) is 10.4 Å². The summed E-state index contributed by atoms with van der Waals surface area (Å²) in [6.45, 7) is 4.70. The standard InChI is InChI=1S/C13H19N5O2S/c1-13(2)9-11(16-17-14)6-8-18(10-13)21(19,20)12-5-3-4-7-15-12/h3-5,7,11H,6,8-10H2,1-2H3. The van der Waals surface area contributed by atoms with E-state index < -0.39 is 10.0 Å². The maximum Gasteiger partial charge on any atom is 0.260 e. The van der Waals surface area contributed by atoms with Crippen molar-refractivity contribution in [2.45, 2.75) is 37.8 Å². The summed E-state index contributed by atoms with van der Waals surface area (Å²) in [6.07, 6.45) is 2.67. The van der Waals surface area contributed by atoms with E-state index in [0.29, 0.717) is 25.9 Å². The smallest absolute Gasteiger partial charge is 0.243 e. The molecule has 2 heterocycles. The van der Waals surface area contributed by atoms with Crippen LogP contribution >= 0.6 is 0 Å². The van der Waals surface area contributed by atoms with Crippen molar-refractivity contribution < 1.29 is 8.42 Å². The zero-order valence-electron chi connectivity index (χ0n) is 12.2. The van der Waals surface area contributed by atoms with Crippen LogP contribution in [0.4, 0.5) is 0 Å². The first-order valence-corrected chi connectivity index (χ1v) is 8.24. The number of hydrogen-bond donors (Lipinski definition) is 0. The third-order valence-electron chi connectivity index (χ3n) is 3.56. The monoisotopic (exact) mass is 309 g/mol. The lowest BCUT2D eigenvalue weighted by Gasteiger charge is -2.29. The molecule has 2 rings (SSSR count). The number of rotatable bonds is 3. The molecule has 1 saturated heterocycles. The van der Waals surface area contributed by atoms with Crippen LogP contribution in [0.3, 0.4) is 0 Å². The van der Waals surface area contributed by atoms with Crippen molar-refractivity contribution in [2.24, 2.45) is 10.5 Å². The third kappa shape index (κ3) is 3.72. The first kappa shape index (κ1) is 15.8. The summed E-state index contributed by atoms with van der Waals surface area (Å²) in [7, 11) is -3.61. The van der Waals surface area contributed by atoms with Gasteiger partial charge in [0.05, 0.1) is 0 Å². The van der Waals surface area contributed by atoms with E-state index in [4.69, 9.17) is 5.53 Å². The van der Waals surface area contributed by atoms with E-state index in [-0.39, 0.29) is 16.5 Å². The number of azide groups is 1. The largest absolute Gasteiger partial charge is 0.260 e. The van der Waals surface area contributed by atoms with Crippen LogP contribution in [-0.4, -0.2) is 36.8 Å². The van der Waals surface area contributed by atoms with Gasteiger partial charge in [0.2, 0.25) is 0 Å². The lowest BCUT2D eigenvalue weighted by molar-refractivity contribution is 0.267. The van der Waals surface area contributed by atoms with Gasteiger partial charge in [-0.3, -0.25) is 0 Å². The fourth-order valence-electron chi connectivity index (χ4n) is 2.66. The maximum atomic E-state index is 12.7. The minimum absolute atomic E-state index is 0.0584. The quantitative estimate of drug-likeness (QED) is 0.487. The molecule has 1 unspecified atom stereocenters. The van der Waals surface area contributed by atoms with Gasteiger partial charge in [0.15, 0.2) is 5.03 Å². The van der Waals surface area contributed by atoms with Gasteiger partial charge in [0.1, 0.15) is 0 Å². The van der Waals surface area contributed by atoms with E-state index in [1.54, 1.807) is 12.1 Å². The maximum absolute atomic E-state index is 12.7. The summed E-state index contributed by atoms with van der Waals surface area (Å²) >= 11 is 0. The van der Waals surface area contributed by atoms with Crippen molar-refractivity contribution in [3.8, 4) is 0 Å². The van der Waals surface area contributed by atoms with Crippen LogP contribution in [0.15, 0.2) is 34.5 Å². The molecule has 0 bridgehead atoms. The average molecular weight is 309 g/mol. The van der Waals surface area contributed by atoms with Gasteiger partial charge < -0.3 is 0 Å². The summed E-state index contributed by atoms with van der Waals surface area (Å²) < 4.78 is 26.8. The molecule has 0 radical (unpaired) electrons. The molecule has 0 N–H and O–H groups in total. The van der Waals surface area contributed by atoms with Crippen molar-refractivity contribution in [2.75, 3.05) is 13.1 Å². The van der Waals surface area contributed by atoms with Crippen molar-refractivity contribution in [3.05, 3.63) is 34.8 Å². The fourth-order valence-corrected chi connectivity index (χ4v) is 4.24. The Bertz CT molecular complexity index is 638. The zero-order chi connectivity index (χ0) is 15.5. The molecule has 1 aliphatic rings. The van der Waals surface area contributed by atoms with Crippen molar-refractivity contribution in [3.63, 3.8) is 0 Å². The molecule has 114 valence electrons. The molecule has 0 saturated carbocycles. The Morgan fingerprint density at radius 3 is 2.86 bits per heavy atom. The van der Waals surface area contributed by atoms with Crippen LogP contribution in [0, 0.1) is 5.41 Å². The normalized spacial score (nSPS) is 23.0. The number of hydrogen-bond acceptors (Lipinski definition) is 4. The predicted octanol–water partition coefficient (Wildman–Crippen LogP) is 2.57. The molecule has 1 atom stereocenters. The second kappa shape index (κ2) is 6.01. The molecule has 1 aromatic rings. The lowest BCUT2D eigenvalue weighted by Crippen LogP contribution is -2.37. The molecule has 21 heavy (non-hydrogen) atoms. The summed E-state index contributed by atoms with van der Waals surface area (Å²) in [4.78, 5) is 6.80. The topological polar surface area (TPSA) is 99.0 Å². The molecule has 1 fully saturated rings. The third-order valence-corrected chi connectivity index (χ3v) is 5.32. The van der Waals surface area contributed by atoms with Crippen LogP contribution in [-0.2, 0) is 10.0 Å². The summed E-state index contributed by atoms with van der Waals surface area (Å²) in [5.74, 6) is 0. The Kier molecular flexibility index (Phi) is 4.51. The van der Waals surface area contributed by atoms with Crippen LogP contribution < -0.4 is 0 Å². The van der Waals surface area contributed by atoms with Crippen LogP contribution in [0.1, 0.15) is 26.7 Å². The molecular formula is C13H19N5O2S. The van der Waals surface area contributed by atoms with Gasteiger partial charge in [-0.25, -0.2) is 13.4 Å². The zero-order valence-corrected chi connectivity index (χ0v) is 13.0. The first-order chi connectivity index (χ1) is 9.85.